The van der Waals surface area contributed by atoms with E-state index in [1.54, 1.807) is 13.2 Å². The van der Waals surface area contributed by atoms with Gasteiger partial charge in [0.2, 0.25) is 0 Å². The van der Waals surface area contributed by atoms with Crippen LogP contribution in [0.1, 0.15) is 10.4 Å². The molecule has 6 heteroatoms. The molecule has 3 aromatic carbocycles. The minimum atomic E-state index is -0.192. The van der Waals surface area contributed by atoms with E-state index in [4.69, 9.17) is 16.3 Å². The molecule has 1 heterocycles. The number of ether oxygens (including phenoxy) is 1. The number of hydrogen-bond donors (Lipinski definition) is 1. The van der Waals surface area contributed by atoms with Crippen LogP contribution in [0.4, 0.5) is 5.13 Å². The number of anilines is 1. The number of halogens is 1. The summed E-state index contributed by atoms with van der Waals surface area (Å²) in [5, 5.41) is 5.99. The predicted molar refractivity (Wildman–Crippen MR) is 103 cm³/mol. The van der Waals surface area contributed by atoms with E-state index >= 15 is 0 Å². The number of hydrogen-bond acceptors (Lipinski definition) is 4. The first-order chi connectivity index (χ1) is 12.1. The van der Waals surface area contributed by atoms with Gasteiger partial charge in [0.1, 0.15) is 5.75 Å². The summed E-state index contributed by atoms with van der Waals surface area (Å²) >= 11 is 7.50. The summed E-state index contributed by atoms with van der Waals surface area (Å²) in [6.45, 7) is 0. The molecule has 0 aliphatic carbocycles. The Morgan fingerprint density at radius 2 is 1.92 bits per heavy atom. The number of thiazole rings is 1. The molecule has 0 saturated heterocycles. The summed E-state index contributed by atoms with van der Waals surface area (Å²) in [5.41, 5.74) is 1.32. The van der Waals surface area contributed by atoms with Crippen LogP contribution in [0.2, 0.25) is 5.02 Å². The number of fused-ring (bicyclic) bond motifs is 2. The Morgan fingerprint density at radius 1 is 1.12 bits per heavy atom. The van der Waals surface area contributed by atoms with E-state index < -0.39 is 0 Å². The molecule has 1 N–H and O–H groups in total. The Hall–Kier alpha value is -2.63. The molecule has 0 bridgehead atoms. The van der Waals surface area contributed by atoms with E-state index in [2.05, 4.69) is 10.3 Å². The number of nitrogens with one attached hydrogen (secondary N) is 1. The number of rotatable bonds is 3. The van der Waals surface area contributed by atoms with E-state index in [-0.39, 0.29) is 5.91 Å². The number of amides is 1. The molecule has 0 aliphatic heterocycles. The lowest BCUT2D eigenvalue weighted by molar-refractivity contribution is 0.102. The maximum Gasteiger partial charge on any atom is 0.257 e. The van der Waals surface area contributed by atoms with Gasteiger partial charge in [-0.3, -0.25) is 10.1 Å². The van der Waals surface area contributed by atoms with Crippen LogP contribution in [-0.2, 0) is 0 Å². The fourth-order valence-corrected chi connectivity index (χ4v) is 3.75. The first-order valence-electron chi connectivity index (χ1n) is 7.58. The van der Waals surface area contributed by atoms with Crippen LogP contribution in [0, 0.1) is 0 Å². The third kappa shape index (κ3) is 3.04. The molecule has 0 saturated carbocycles. The fourth-order valence-electron chi connectivity index (χ4n) is 2.64. The van der Waals surface area contributed by atoms with Crippen molar-refractivity contribution in [1.82, 2.24) is 4.98 Å². The molecule has 25 heavy (non-hydrogen) atoms. The molecule has 4 rings (SSSR count). The first kappa shape index (κ1) is 15.9. The SMILES string of the molecule is COc1cc2sc(NC(=O)c3ccc4ccccc4c3)nc2cc1Cl. The van der Waals surface area contributed by atoms with E-state index in [9.17, 15) is 4.79 Å². The van der Waals surface area contributed by atoms with Gasteiger partial charge in [-0.2, -0.15) is 0 Å². The highest BCUT2D eigenvalue weighted by Crippen LogP contribution is 2.34. The zero-order chi connectivity index (χ0) is 17.4. The zero-order valence-electron chi connectivity index (χ0n) is 13.2. The van der Waals surface area contributed by atoms with Crippen molar-refractivity contribution >= 4 is 55.0 Å². The molecule has 0 atom stereocenters. The summed E-state index contributed by atoms with van der Waals surface area (Å²) in [7, 11) is 1.57. The summed E-state index contributed by atoms with van der Waals surface area (Å²) in [6.07, 6.45) is 0. The smallest absolute Gasteiger partial charge is 0.257 e. The van der Waals surface area contributed by atoms with Crippen LogP contribution in [0.15, 0.2) is 54.6 Å². The molecular weight excluding hydrogens is 356 g/mol. The van der Waals surface area contributed by atoms with Gasteiger partial charge in [0, 0.05) is 11.6 Å². The Balaban J connectivity index is 1.64. The highest BCUT2D eigenvalue weighted by Gasteiger charge is 2.12. The van der Waals surface area contributed by atoms with Crippen molar-refractivity contribution in [3.05, 3.63) is 65.2 Å². The van der Waals surface area contributed by atoms with E-state index in [0.29, 0.717) is 21.5 Å². The minimum Gasteiger partial charge on any atom is -0.495 e. The minimum absolute atomic E-state index is 0.192. The Kier molecular flexibility index (Phi) is 4.03. The van der Waals surface area contributed by atoms with E-state index in [1.807, 2.05) is 48.5 Å². The van der Waals surface area contributed by atoms with Gasteiger partial charge in [0.05, 0.1) is 22.3 Å². The van der Waals surface area contributed by atoms with Crippen molar-refractivity contribution in [2.75, 3.05) is 12.4 Å². The Labute approximate surface area is 153 Å². The molecule has 4 nitrogen and oxygen atoms in total. The van der Waals surface area contributed by atoms with Crippen LogP contribution in [0.5, 0.6) is 5.75 Å². The number of benzene rings is 3. The van der Waals surface area contributed by atoms with Crippen molar-refractivity contribution in [3.8, 4) is 5.75 Å². The lowest BCUT2D eigenvalue weighted by Gasteiger charge is -2.03. The second kappa shape index (κ2) is 6.35. The lowest BCUT2D eigenvalue weighted by Crippen LogP contribution is -2.11. The maximum atomic E-state index is 12.5. The van der Waals surface area contributed by atoms with Gasteiger partial charge in [-0.1, -0.05) is 53.3 Å². The van der Waals surface area contributed by atoms with Crippen molar-refractivity contribution in [2.24, 2.45) is 0 Å². The third-order valence-corrected chi connectivity index (χ3v) is 5.12. The fraction of sp³-hybridized carbons (Fsp3) is 0.0526. The van der Waals surface area contributed by atoms with Gasteiger partial charge in [-0.25, -0.2) is 4.98 Å². The van der Waals surface area contributed by atoms with Gasteiger partial charge in [0.15, 0.2) is 5.13 Å². The van der Waals surface area contributed by atoms with Crippen molar-refractivity contribution < 1.29 is 9.53 Å². The molecule has 0 spiro atoms. The molecule has 0 unspecified atom stereocenters. The van der Waals surface area contributed by atoms with Gasteiger partial charge >= 0.3 is 0 Å². The van der Waals surface area contributed by atoms with Crippen molar-refractivity contribution in [1.29, 1.82) is 0 Å². The van der Waals surface area contributed by atoms with E-state index in [0.717, 1.165) is 21.0 Å². The average Bonchev–Trinajstić information content (AvgIpc) is 3.01. The molecule has 0 radical (unpaired) electrons. The molecule has 0 fully saturated rings. The summed E-state index contributed by atoms with van der Waals surface area (Å²) in [6, 6.07) is 17.1. The van der Waals surface area contributed by atoms with Crippen LogP contribution < -0.4 is 10.1 Å². The number of aromatic nitrogens is 1. The highest BCUT2D eigenvalue weighted by atomic mass is 35.5. The number of carbonyl (C=O) groups is 1. The first-order valence-corrected chi connectivity index (χ1v) is 8.78. The molecular formula is C19H13ClN2O2S. The predicted octanol–water partition coefficient (Wildman–Crippen LogP) is 5.36. The van der Waals surface area contributed by atoms with Gasteiger partial charge in [0.25, 0.3) is 5.91 Å². The lowest BCUT2D eigenvalue weighted by atomic mass is 10.1. The summed E-state index contributed by atoms with van der Waals surface area (Å²) in [5.74, 6) is 0.396. The number of methoxy groups -OCH3 is 1. The standard InChI is InChI=1S/C19H13ClN2O2S/c1-24-16-10-17-15(9-14(16)20)21-19(25-17)22-18(23)13-7-6-11-4-2-3-5-12(11)8-13/h2-10H,1H3,(H,21,22,23). The second-order valence-corrected chi connectivity index (χ2v) is 6.93. The quantitative estimate of drug-likeness (QED) is 0.529. The zero-order valence-corrected chi connectivity index (χ0v) is 14.8. The van der Waals surface area contributed by atoms with Crippen LogP contribution in [-0.4, -0.2) is 18.0 Å². The van der Waals surface area contributed by atoms with Crippen LogP contribution >= 0.6 is 22.9 Å². The molecule has 124 valence electrons. The number of carbonyl (C=O) groups excluding carboxylic acids is 1. The van der Waals surface area contributed by atoms with Crippen LogP contribution in [0.25, 0.3) is 21.0 Å². The van der Waals surface area contributed by atoms with Gasteiger partial charge in [-0.15, -0.1) is 0 Å². The second-order valence-electron chi connectivity index (χ2n) is 5.49. The summed E-state index contributed by atoms with van der Waals surface area (Å²) < 4.78 is 6.11. The molecule has 1 aromatic heterocycles. The summed E-state index contributed by atoms with van der Waals surface area (Å²) in [4.78, 5) is 17.0. The molecule has 1 amide bonds. The van der Waals surface area contributed by atoms with Crippen molar-refractivity contribution in [3.63, 3.8) is 0 Å². The maximum absolute atomic E-state index is 12.5. The average molecular weight is 369 g/mol. The monoisotopic (exact) mass is 368 g/mol. The highest BCUT2D eigenvalue weighted by molar-refractivity contribution is 7.22. The number of nitrogens with zero attached hydrogens (tertiary/aromatic N) is 1. The Bertz CT molecular complexity index is 1110. The largest absolute Gasteiger partial charge is 0.495 e. The van der Waals surface area contributed by atoms with Gasteiger partial charge in [-0.05, 0) is 29.0 Å². The normalized spacial score (nSPS) is 11.0. The third-order valence-electron chi connectivity index (χ3n) is 3.89. The van der Waals surface area contributed by atoms with E-state index in [1.165, 1.54) is 11.3 Å². The van der Waals surface area contributed by atoms with Crippen LogP contribution in [0.3, 0.4) is 0 Å². The van der Waals surface area contributed by atoms with Gasteiger partial charge < -0.3 is 4.74 Å². The Morgan fingerprint density at radius 3 is 2.72 bits per heavy atom. The molecule has 0 aliphatic rings. The topological polar surface area (TPSA) is 51.2 Å². The van der Waals surface area contributed by atoms with Crippen molar-refractivity contribution in [2.45, 2.75) is 0 Å². The molecule has 4 aromatic rings.